The summed E-state index contributed by atoms with van der Waals surface area (Å²) in [4.78, 5) is 31.1. The molecule has 7 heteroatoms. The van der Waals surface area contributed by atoms with E-state index in [0.717, 1.165) is 12.0 Å². The molecular weight excluding hydrogens is 346 g/mol. The van der Waals surface area contributed by atoms with Gasteiger partial charge in [-0.25, -0.2) is 5.06 Å². The lowest BCUT2D eigenvalue weighted by molar-refractivity contribution is -0.168. The van der Waals surface area contributed by atoms with E-state index in [1.54, 1.807) is 30.0 Å². The zero-order valence-electron chi connectivity index (χ0n) is 15.8. The summed E-state index contributed by atoms with van der Waals surface area (Å²) in [5, 5.41) is 10.5. The Morgan fingerprint density at radius 3 is 2.81 bits per heavy atom. The second kappa shape index (κ2) is 7.41. The Kier molecular flexibility index (Phi) is 5.19. The number of fused-ring (bicyclic) bond motifs is 1. The molecule has 142 valence electrons. The first kappa shape index (κ1) is 18.9. The number of nitrogens with zero attached hydrogens (tertiary/aromatic N) is 3. The van der Waals surface area contributed by atoms with Crippen molar-refractivity contribution >= 4 is 18.0 Å². The molecule has 0 unspecified atom stereocenters. The van der Waals surface area contributed by atoms with Gasteiger partial charge in [-0.2, -0.15) is 5.26 Å². The second-order valence-electron chi connectivity index (χ2n) is 7.01. The van der Waals surface area contributed by atoms with Crippen molar-refractivity contribution in [2.45, 2.75) is 39.2 Å². The van der Waals surface area contributed by atoms with E-state index in [1.807, 2.05) is 13.8 Å². The fraction of sp³-hybridized carbons (Fsp3) is 0.450. The predicted molar refractivity (Wildman–Crippen MR) is 98.1 cm³/mol. The van der Waals surface area contributed by atoms with Crippen LogP contribution in [0.1, 0.15) is 44.7 Å². The first-order valence-corrected chi connectivity index (χ1v) is 9.03. The first-order valence-electron chi connectivity index (χ1n) is 9.03. The summed E-state index contributed by atoms with van der Waals surface area (Å²) in [6.45, 7) is 6.71. The van der Waals surface area contributed by atoms with Gasteiger partial charge < -0.3 is 9.64 Å². The highest BCUT2D eigenvalue weighted by Crippen LogP contribution is 2.44. The summed E-state index contributed by atoms with van der Waals surface area (Å²) >= 11 is 0. The number of hydrogen-bond acceptors (Lipinski definition) is 5. The van der Waals surface area contributed by atoms with Crippen molar-refractivity contribution in [1.29, 1.82) is 5.26 Å². The Morgan fingerprint density at radius 1 is 1.44 bits per heavy atom. The van der Waals surface area contributed by atoms with Crippen molar-refractivity contribution < 1.29 is 19.2 Å². The van der Waals surface area contributed by atoms with E-state index in [-0.39, 0.29) is 12.5 Å². The highest BCUT2D eigenvalue weighted by Gasteiger charge is 2.40. The number of ether oxygens (including phenoxy) is 1. The van der Waals surface area contributed by atoms with E-state index in [0.29, 0.717) is 48.6 Å². The van der Waals surface area contributed by atoms with Gasteiger partial charge in [0.2, 0.25) is 12.3 Å². The van der Waals surface area contributed by atoms with Crippen molar-refractivity contribution in [2.24, 2.45) is 0 Å². The highest BCUT2D eigenvalue weighted by atomic mass is 16.7. The minimum atomic E-state index is -0.752. The molecule has 0 saturated carbocycles. The van der Waals surface area contributed by atoms with Gasteiger partial charge >= 0.3 is 0 Å². The van der Waals surface area contributed by atoms with Crippen LogP contribution in [0.15, 0.2) is 23.8 Å². The van der Waals surface area contributed by atoms with Crippen LogP contribution in [0, 0.1) is 11.3 Å². The van der Waals surface area contributed by atoms with Crippen LogP contribution in [0.3, 0.4) is 0 Å². The molecule has 2 amide bonds. The number of amides is 2. The van der Waals surface area contributed by atoms with Gasteiger partial charge in [-0.15, -0.1) is 0 Å². The smallest absolute Gasteiger partial charge is 0.233 e. The van der Waals surface area contributed by atoms with Gasteiger partial charge in [0.1, 0.15) is 11.4 Å². The summed E-state index contributed by atoms with van der Waals surface area (Å²) in [6.07, 6.45) is 1.87. The lowest BCUT2D eigenvalue weighted by Gasteiger charge is -2.40. The number of nitriles is 1. The summed E-state index contributed by atoms with van der Waals surface area (Å²) in [5.74, 6) is 0.647. The predicted octanol–water partition coefficient (Wildman–Crippen LogP) is 2.47. The molecule has 0 spiro atoms. The Bertz CT molecular complexity index is 838. The van der Waals surface area contributed by atoms with Gasteiger partial charge in [-0.05, 0) is 45.4 Å². The normalized spacial score (nSPS) is 18.0. The SMILES string of the molecule is CCON(C=O)CC1=C(N2CCCC2=O)c2cc(C#N)ccc2OC1(C)C. The molecule has 0 radical (unpaired) electrons. The Labute approximate surface area is 158 Å². The van der Waals surface area contributed by atoms with Gasteiger partial charge in [0.05, 0.1) is 30.5 Å². The van der Waals surface area contributed by atoms with E-state index in [9.17, 15) is 14.9 Å². The number of hydrogen-bond donors (Lipinski definition) is 0. The third-order valence-corrected chi connectivity index (χ3v) is 4.81. The minimum absolute atomic E-state index is 0.0302. The second-order valence-corrected chi connectivity index (χ2v) is 7.01. The van der Waals surface area contributed by atoms with E-state index in [2.05, 4.69) is 6.07 Å². The van der Waals surface area contributed by atoms with E-state index < -0.39 is 5.60 Å². The zero-order valence-corrected chi connectivity index (χ0v) is 15.8. The van der Waals surface area contributed by atoms with Crippen molar-refractivity contribution in [2.75, 3.05) is 19.7 Å². The molecule has 1 fully saturated rings. The van der Waals surface area contributed by atoms with Gasteiger partial charge in [0.25, 0.3) is 0 Å². The molecule has 27 heavy (non-hydrogen) atoms. The van der Waals surface area contributed by atoms with Crippen LogP contribution >= 0.6 is 0 Å². The fourth-order valence-electron chi connectivity index (χ4n) is 3.55. The standard InChI is InChI=1S/C20H23N3O4/c1-4-26-22(13-24)12-16-19(23-9-5-6-18(23)25)15-10-14(11-21)7-8-17(15)27-20(16,2)3/h7-8,10,13H,4-6,9,12H2,1-3H3. The minimum Gasteiger partial charge on any atom is -0.483 e. The number of carbonyl (C=O) groups excluding carboxylic acids is 2. The number of likely N-dealkylation sites (tertiary alicyclic amines) is 1. The Morgan fingerprint density at radius 2 is 2.22 bits per heavy atom. The molecule has 7 nitrogen and oxygen atoms in total. The molecule has 3 rings (SSSR count). The quantitative estimate of drug-likeness (QED) is 0.568. The van der Waals surface area contributed by atoms with E-state index >= 15 is 0 Å². The molecule has 1 aromatic rings. The van der Waals surface area contributed by atoms with Gasteiger partial charge in [0.15, 0.2) is 0 Å². The summed E-state index contributed by atoms with van der Waals surface area (Å²) in [6, 6.07) is 7.32. The molecular formula is C20H23N3O4. The zero-order chi connectivity index (χ0) is 19.6. The molecule has 0 aliphatic carbocycles. The topological polar surface area (TPSA) is 82.9 Å². The Hall–Kier alpha value is -2.85. The monoisotopic (exact) mass is 369 g/mol. The average molecular weight is 369 g/mol. The summed E-state index contributed by atoms with van der Waals surface area (Å²) < 4.78 is 6.18. The van der Waals surface area contributed by atoms with Crippen LogP contribution in [-0.4, -0.2) is 47.6 Å². The van der Waals surface area contributed by atoms with Crippen molar-refractivity contribution in [3.05, 3.63) is 34.9 Å². The largest absolute Gasteiger partial charge is 0.483 e. The molecule has 2 aliphatic rings. The van der Waals surface area contributed by atoms with E-state index in [4.69, 9.17) is 9.57 Å². The number of carbonyl (C=O) groups is 2. The van der Waals surface area contributed by atoms with Crippen molar-refractivity contribution in [3.63, 3.8) is 0 Å². The van der Waals surface area contributed by atoms with Crippen LogP contribution in [0.5, 0.6) is 5.75 Å². The van der Waals surface area contributed by atoms with Gasteiger partial charge in [-0.3, -0.25) is 14.4 Å². The molecule has 1 aromatic carbocycles. The van der Waals surface area contributed by atoms with Crippen LogP contribution in [0.25, 0.3) is 5.70 Å². The number of rotatable bonds is 6. The molecule has 0 atom stereocenters. The summed E-state index contributed by atoms with van der Waals surface area (Å²) in [7, 11) is 0. The maximum absolute atomic E-state index is 12.5. The van der Waals surface area contributed by atoms with E-state index in [1.165, 1.54) is 5.06 Å². The third kappa shape index (κ3) is 3.53. The fourth-order valence-corrected chi connectivity index (χ4v) is 3.55. The maximum atomic E-state index is 12.5. The van der Waals surface area contributed by atoms with Crippen LogP contribution in [-0.2, 0) is 14.4 Å². The van der Waals surface area contributed by atoms with Crippen LogP contribution in [0.2, 0.25) is 0 Å². The molecule has 2 aliphatic heterocycles. The van der Waals surface area contributed by atoms with Gasteiger partial charge in [-0.1, -0.05) is 0 Å². The highest BCUT2D eigenvalue weighted by molar-refractivity contribution is 5.92. The molecule has 0 aromatic heterocycles. The molecule has 1 saturated heterocycles. The maximum Gasteiger partial charge on any atom is 0.233 e. The van der Waals surface area contributed by atoms with Crippen LogP contribution < -0.4 is 4.74 Å². The van der Waals surface area contributed by atoms with Crippen LogP contribution in [0.4, 0.5) is 0 Å². The first-order chi connectivity index (χ1) is 12.9. The lowest BCUT2D eigenvalue weighted by Crippen LogP contribution is -2.43. The molecule has 0 N–H and O–H groups in total. The lowest BCUT2D eigenvalue weighted by atomic mass is 9.88. The summed E-state index contributed by atoms with van der Waals surface area (Å²) in [5.41, 5.74) is 1.91. The Balaban J connectivity index is 2.20. The number of benzene rings is 1. The molecule has 0 bridgehead atoms. The molecule has 2 heterocycles. The van der Waals surface area contributed by atoms with Crippen molar-refractivity contribution in [1.82, 2.24) is 9.96 Å². The average Bonchev–Trinajstić information content (AvgIpc) is 3.06. The third-order valence-electron chi connectivity index (χ3n) is 4.81. The van der Waals surface area contributed by atoms with Gasteiger partial charge in [0, 0.05) is 24.1 Å². The number of hydroxylamine groups is 2. The van der Waals surface area contributed by atoms with Crippen molar-refractivity contribution in [3.8, 4) is 11.8 Å².